The van der Waals surface area contributed by atoms with E-state index in [1.807, 2.05) is 61.5 Å². The van der Waals surface area contributed by atoms with Crippen LogP contribution in [0, 0.1) is 18.8 Å². The van der Waals surface area contributed by atoms with E-state index in [1.54, 1.807) is 0 Å². The molecule has 0 aromatic heterocycles. The number of aryl methyl sites for hydroxylation is 1. The minimum absolute atomic E-state index is 0.275. The molecule has 1 rings (SSSR count). The van der Waals surface area contributed by atoms with Gasteiger partial charge in [-0.3, -0.25) is 0 Å². The molecule has 1 unspecified atom stereocenters. The number of hydrogen-bond acceptors (Lipinski definition) is 0. The van der Waals surface area contributed by atoms with Crippen molar-refractivity contribution in [2.24, 2.45) is 11.8 Å². The van der Waals surface area contributed by atoms with Crippen LogP contribution in [-0.4, -0.2) is 0 Å². The molecule has 258 valence electrons. The molecule has 0 fully saturated rings. The monoisotopic (exact) mass is 595 g/mol. The Kier molecular flexibility index (Phi) is 67.0. The van der Waals surface area contributed by atoms with Gasteiger partial charge in [0.05, 0.1) is 0 Å². The predicted molar refractivity (Wildman–Crippen MR) is 209 cm³/mol. The van der Waals surface area contributed by atoms with E-state index in [9.17, 15) is 0 Å². The Balaban J connectivity index is -0.0000000856. The fourth-order valence-corrected chi connectivity index (χ4v) is 3.81. The number of unbranched alkanes of at least 4 members (excludes halogenated alkanes) is 4. The SMILES string of the molecule is C=Cc1ccc(C)c(C(C)(C)CCCCCC)c1.CC.CC.CC.CC.CC(C)C.CCC.CCCCC(C)CCC. The van der Waals surface area contributed by atoms with Gasteiger partial charge >= 0.3 is 0 Å². The Morgan fingerprint density at radius 1 is 0.667 bits per heavy atom. The summed E-state index contributed by atoms with van der Waals surface area (Å²) in [7, 11) is 0. The summed E-state index contributed by atoms with van der Waals surface area (Å²) in [6, 6.07) is 6.68. The highest BCUT2D eigenvalue weighted by atomic mass is 14.3. The molecule has 0 N–H and O–H groups in total. The summed E-state index contributed by atoms with van der Waals surface area (Å²) in [4.78, 5) is 0. The normalized spacial score (nSPS) is 9.74. The molecule has 1 aromatic carbocycles. The second-order valence-corrected chi connectivity index (χ2v) is 11.4. The summed E-state index contributed by atoms with van der Waals surface area (Å²) in [5.74, 6) is 1.80. The minimum atomic E-state index is 0.275. The molecular weight excluding hydrogens is 504 g/mol. The molecule has 0 aliphatic carbocycles. The van der Waals surface area contributed by atoms with Gasteiger partial charge in [-0.1, -0.05) is 227 Å². The topological polar surface area (TPSA) is 0 Å². The van der Waals surface area contributed by atoms with Crippen molar-refractivity contribution < 1.29 is 0 Å². The van der Waals surface area contributed by atoms with Crippen LogP contribution in [0.1, 0.15) is 219 Å². The van der Waals surface area contributed by atoms with Crippen LogP contribution >= 0.6 is 0 Å². The van der Waals surface area contributed by atoms with Crippen molar-refractivity contribution in [2.75, 3.05) is 0 Å². The lowest BCUT2D eigenvalue weighted by molar-refractivity contribution is 0.444. The molecular formula is C42H90. The van der Waals surface area contributed by atoms with E-state index in [0.717, 1.165) is 11.8 Å². The average molecular weight is 595 g/mol. The largest absolute Gasteiger partial charge is 0.0985 e. The lowest BCUT2D eigenvalue weighted by Gasteiger charge is -2.27. The molecule has 0 heteroatoms. The first-order valence-electron chi connectivity index (χ1n) is 18.7. The molecule has 0 nitrogen and oxygen atoms in total. The van der Waals surface area contributed by atoms with Crippen LogP contribution in [0.5, 0.6) is 0 Å². The van der Waals surface area contributed by atoms with Crippen LogP contribution in [0.3, 0.4) is 0 Å². The van der Waals surface area contributed by atoms with Gasteiger partial charge in [-0.15, -0.1) is 0 Å². The summed E-state index contributed by atoms with van der Waals surface area (Å²) in [5, 5.41) is 0. The third kappa shape index (κ3) is 48.7. The van der Waals surface area contributed by atoms with Gasteiger partial charge in [0, 0.05) is 0 Å². The smallest absolute Gasteiger partial charge is 0.0101 e. The zero-order valence-corrected chi connectivity index (χ0v) is 33.9. The molecule has 0 radical (unpaired) electrons. The molecule has 1 atom stereocenters. The molecule has 0 saturated heterocycles. The van der Waals surface area contributed by atoms with Crippen molar-refractivity contribution in [3.63, 3.8) is 0 Å². The van der Waals surface area contributed by atoms with E-state index < -0.39 is 0 Å². The molecule has 0 aliphatic rings. The van der Waals surface area contributed by atoms with Crippen molar-refractivity contribution in [3.05, 3.63) is 41.5 Å². The number of benzene rings is 1. The second-order valence-electron chi connectivity index (χ2n) is 11.4. The fourth-order valence-electron chi connectivity index (χ4n) is 3.81. The molecule has 0 spiro atoms. The number of rotatable bonds is 12. The van der Waals surface area contributed by atoms with Crippen LogP contribution in [-0.2, 0) is 5.41 Å². The maximum absolute atomic E-state index is 3.87. The Bertz CT molecular complexity index is 546. The molecule has 0 heterocycles. The van der Waals surface area contributed by atoms with Crippen molar-refractivity contribution >= 4 is 6.08 Å². The van der Waals surface area contributed by atoms with Gasteiger partial charge in [0.25, 0.3) is 0 Å². The van der Waals surface area contributed by atoms with Crippen LogP contribution in [0.2, 0.25) is 0 Å². The summed E-state index contributed by atoms with van der Waals surface area (Å²) in [6.07, 6.45) is 16.8. The van der Waals surface area contributed by atoms with Crippen molar-refractivity contribution in [2.45, 2.75) is 215 Å². The van der Waals surface area contributed by atoms with E-state index in [1.165, 1.54) is 87.3 Å². The lowest BCUT2D eigenvalue weighted by atomic mass is 9.77. The zero-order chi connectivity index (χ0) is 35.0. The molecule has 0 aliphatic heterocycles. The Hall–Kier alpha value is -1.04. The Morgan fingerprint density at radius 3 is 1.45 bits per heavy atom. The zero-order valence-electron chi connectivity index (χ0n) is 33.9. The lowest BCUT2D eigenvalue weighted by Crippen LogP contribution is -2.18. The maximum atomic E-state index is 3.87. The third-order valence-corrected chi connectivity index (χ3v) is 5.71. The van der Waals surface area contributed by atoms with Crippen molar-refractivity contribution in [3.8, 4) is 0 Å². The van der Waals surface area contributed by atoms with Crippen LogP contribution in [0.4, 0.5) is 0 Å². The quantitative estimate of drug-likeness (QED) is 0.211. The van der Waals surface area contributed by atoms with Gasteiger partial charge in [0.2, 0.25) is 0 Å². The van der Waals surface area contributed by atoms with Gasteiger partial charge in [-0.2, -0.15) is 0 Å². The maximum Gasteiger partial charge on any atom is -0.0101 e. The van der Waals surface area contributed by atoms with Crippen LogP contribution < -0.4 is 0 Å². The molecule has 0 bridgehead atoms. The second kappa shape index (κ2) is 49.6. The molecule has 0 saturated carbocycles. The minimum Gasteiger partial charge on any atom is -0.0985 e. The summed E-state index contributed by atoms with van der Waals surface area (Å²) < 4.78 is 0. The summed E-state index contributed by atoms with van der Waals surface area (Å²) in [6.45, 7) is 46.7. The molecule has 1 aromatic rings. The number of hydrogen-bond donors (Lipinski definition) is 0. The van der Waals surface area contributed by atoms with Crippen LogP contribution in [0.25, 0.3) is 6.08 Å². The average Bonchev–Trinajstić information content (AvgIpc) is 2.99. The first-order valence-corrected chi connectivity index (χ1v) is 18.7. The first kappa shape index (κ1) is 56.7. The first-order chi connectivity index (χ1) is 20.0. The Morgan fingerprint density at radius 2 is 1.10 bits per heavy atom. The third-order valence-electron chi connectivity index (χ3n) is 5.71. The summed E-state index contributed by atoms with van der Waals surface area (Å²) >= 11 is 0. The van der Waals surface area contributed by atoms with E-state index in [-0.39, 0.29) is 5.41 Å². The van der Waals surface area contributed by atoms with Crippen LogP contribution in [0.15, 0.2) is 24.8 Å². The van der Waals surface area contributed by atoms with E-state index in [4.69, 9.17) is 0 Å². The van der Waals surface area contributed by atoms with Gasteiger partial charge in [0.15, 0.2) is 0 Å². The fraction of sp³-hybridized carbons (Fsp3) is 0.810. The molecule has 0 amide bonds. The highest BCUT2D eigenvalue weighted by Gasteiger charge is 2.22. The Labute approximate surface area is 273 Å². The summed E-state index contributed by atoms with van der Waals surface area (Å²) in [5.41, 5.74) is 4.39. The van der Waals surface area contributed by atoms with E-state index in [2.05, 4.69) is 108 Å². The van der Waals surface area contributed by atoms with Crippen molar-refractivity contribution in [1.29, 1.82) is 0 Å². The highest BCUT2D eigenvalue weighted by molar-refractivity contribution is 5.51. The van der Waals surface area contributed by atoms with Gasteiger partial charge in [0.1, 0.15) is 0 Å². The predicted octanol–water partition coefficient (Wildman–Crippen LogP) is 16.7. The van der Waals surface area contributed by atoms with Gasteiger partial charge < -0.3 is 0 Å². The van der Waals surface area contributed by atoms with E-state index >= 15 is 0 Å². The standard InChI is InChI=1S/C18H28.C9H20.C4H10.C3H8.4C2H6/c1-6-8-9-10-13-18(4,5)17-14-16(7-2)12-11-15(17)3;1-4-6-8-9(3)7-5-2;1-4(2)3;1-3-2;4*1-2/h7,11-12,14H,2,6,8-10,13H2,1,3-5H3;9H,4-8H2,1-3H3;4H,1-3H3;3H2,1-2H3;4*1-2H3. The van der Waals surface area contributed by atoms with E-state index in [0.29, 0.717) is 0 Å². The molecule has 42 heavy (non-hydrogen) atoms. The van der Waals surface area contributed by atoms with Crippen molar-refractivity contribution in [1.82, 2.24) is 0 Å². The van der Waals surface area contributed by atoms with Gasteiger partial charge in [-0.05, 0) is 47.3 Å². The highest BCUT2D eigenvalue weighted by Crippen LogP contribution is 2.32. The van der Waals surface area contributed by atoms with Gasteiger partial charge in [-0.25, -0.2) is 0 Å².